The minimum atomic E-state index is -0.00566. The van der Waals surface area contributed by atoms with Gasteiger partial charge in [-0.25, -0.2) is 4.98 Å². The Bertz CT molecular complexity index is 1220. The van der Waals surface area contributed by atoms with Crippen LogP contribution in [0.15, 0.2) is 27.5 Å². The fourth-order valence-corrected chi connectivity index (χ4v) is 6.86. The van der Waals surface area contributed by atoms with E-state index in [-0.39, 0.29) is 5.56 Å². The van der Waals surface area contributed by atoms with Gasteiger partial charge in [-0.15, -0.1) is 32.9 Å². The number of nitrogens with zero attached hydrogens (tertiary/aromatic N) is 4. The monoisotopic (exact) mass is 443 g/mol. The Morgan fingerprint density at radius 3 is 3.07 bits per heavy atom. The first-order valence-electron chi connectivity index (χ1n) is 9.77. The van der Waals surface area contributed by atoms with E-state index in [0.29, 0.717) is 17.5 Å². The van der Waals surface area contributed by atoms with Crippen molar-refractivity contribution >= 4 is 44.7 Å². The second-order valence-corrected chi connectivity index (χ2v) is 10.3. The minimum Gasteiger partial charge on any atom is -0.309 e. The fourth-order valence-electron chi connectivity index (χ4n) is 3.86. The molecule has 0 spiro atoms. The molecule has 1 N–H and O–H groups in total. The highest BCUT2D eigenvalue weighted by Gasteiger charge is 2.23. The normalized spacial score (nSPS) is 16.4. The van der Waals surface area contributed by atoms with Crippen LogP contribution in [0.5, 0.6) is 0 Å². The lowest BCUT2D eigenvalue weighted by Crippen LogP contribution is -2.14. The van der Waals surface area contributed by atoms with E-state index in [2.05, 4.69) is 39.7 Å². The predicted molar refractivity (Wildman–Crippen MR) is 120 cm³/mol. The largest absolute Gasteiger partial charge is 0.309 e. The van der Waals surface area contributed by atoms with Gasteiger partial charge in [-0.3, -0.25) is 4.79 Å². The van der Waals surface area contributed by atoms with Gasteiger partial charge in [0.2, 0.25) is 0 Å². The number of aryl methyl sites for hydroxylation is 1. The number of rotatable bonds is 5. The van der Waals surface area contributed by atoms with Crippen LogP contribution >= 0.6 is 34.4 Å². The molecule has 0 aromatic carbocycles. The number of hydrogen-bond acceptors (Lipinski definition) is 7. The summed E-state index contributed by atoms with van der Waals surface area (Å²) in [5.41, 5.74) is 1.22. The molecule has 0 radical (unpaired) electrons. The van der Waals surface area contributed by atoms with Gasteiger partial charge in [-0.1, -0.05) is 24.8 Å². The van der Waals surface area contributed by atoms with E-state index in [0.717, 1.165) is 51.9 Å². The maximum atomic E-state index is 12.8. The van der Waals surface area contributed by atoms with Crippen LogP contribution in [0.2, 0.25) is 0 Å². The lowest BCUT2D eigenvalue weighted by Gasteiger charge is -2.17. The topological polar surface area (TPSA) is 76.5 Å². The summed E-state index contributed by atoms with van der Waals surface area (Å²) in [7, 11) is 0. The quantitative estimate of drug-likeness (QED) is 0.451. The van der Waals surface area contributed by atoms with E-state index in [4.69, 9.17) is 4.98 Å². The van der Waals surface area contributed by atoms with Crippen molar-refractivity contribution in [1.82, 2.24) is 24.7 Å². The number of nitrogens with one attached hydrogen (secondary N) is 1. The van der Waals surface area contributed by atoms with E-state index < -0.39 is 0 Å². The molecule has 0 saturated heterocycles. The Morgan fingerprint density at radius 1 is 1.38 bits per heavy atom. The Morgan fingerprint density at radius 2 is 2.28 bits per heavy atom. The Balaban J connectivity index is 1.42. The SMILES string of the molecule is CCn1c(SCc2nc3sc4c(c3c(=O)[nH]2)CCC(C)C4)nnc1-c1cccs1. The van der Waals surface area contributed by atoms with Gasteiger partial charge in [-0.05, 0) is 49.1 Å². The van der Waals surface area contributed by atoms with Crippen molar-refractivity contribution in [2.24, 2.45) is 5.92 Å². The number of thioether (sulfide) groups is 1. The third-order valence-electron chi connectivity index (χ3n) is 5.33. The van der Waals surface area contributed by atoms with E-state index >= 15 is 0 Å². The second kappa shape index (κ2) is 7.70. The predicted octanol–water partition coefficient (Wildman–Crippen LogP) is 4.74. The van der Waals surface area contributed by atoms with E-state index in [1.165, 1.54) is 10.4 Å². The van der Waals surface area contributed by atoms with Gasteiger partial charge in [0.15, 0.2) is 11.0 Å². The molecule has 29 heavy (non-hydrogen) atoms. The summed E-state index contributed by atoms with van der Waals surface area (Å²) in [5, 5.41) is 12.4. The molecule has 4 aromatic heterocycles. The van der Waals surface area contributed by atoms with Gasteiger partial charge in [0, 0.05) is 11.4 Å². The third-order valence-corrected chi connectivity index (χ3v) is 8.32. The van der Waals surface area contributed by atoms with Crippen LogP contribution in [0.3, 0.4) is 0 Å². The third kappa shape index (κ3) is 3.45. The summed E-state index contributed by atoms with van der Waals surface area (Å²) in [4.78, 5) is 23.9. The number of aromatic nitrogens is 5. The average molecular weight is 444 g/mol. The van der Waals surface area contributed by atoms with Crippen LogP contribution in [0.1, 0.15) is 36.5 Å². The molecule has 4 heterocycles. The lowest BCUT2D eigenvalue weighted by molar-refractivity contribution is 0.509. The van der Waals surface area contributed by atoms with Crippen molar-refractivity contribution in [3.8, 4) is 10.7 Å². The van der Waals surface area contributed by atoms with Gasteiger partial charge in [0.1, 0.15) is 10.7 Å². The Labute approximate surface area is 180 Å². The van der Waals surface area contributed by atoms with Crippen LogP contribution in [0.25, 0.3) is 20.9 Å². The summed E-state index contributed by atoms with van der Waals surface area (Å²) in [6.45, 7) is 5.16. The minimum absolute atomic E-state index is 0.00566. The molecular formula is C20H21N5OS3. The first kappa shape index (κ1) is 19.0. The average Bonchev–Trinajstić information content (AvgIpc) is 3.43. The van der Waals surface area contributed by atoms with Gasteiger partial charge < -0.3 is 9.55 Å². The zero-order valence-corrected chi connectivity index (χ0v) is 18.7. The number of thiophene rings is 2. The molecule has 0 bridgehead atoms. The van der Waals surface area contributed by atoms with E-state index in [1.807, 2.05) is 11.4 Å². The van der Waals surface area contributed by atoms with Gasteiger partial charge in [0.25, 0.3) is 5.56 Å². The zero-order chi connectivity index (χ0) is 20.0. The van der Waals surface area contributed by atoms with Crippen molar-refractivity contribution < 1.29 is 0 Å². The molecule has 1 aliphatic carbocycles. The van der Waals surface area contributed by atoms with Crippen molar-refractivity contribution in [3.05, 3.63) is 44.1 Å². The van der Waals surface area contributed by atoms with Crippen molar-refractivity contribution in [1.29, 1.82) is 0 Å². The van der Waals surface area contributed by atoms with E-state index in [1.54, 1.807) is 34.4 Å². The molecule has 0 fully saturated rings. The number of H-pyrrole nitrogens is 1. The van der Waals surface area contributed by atoms with Crippen LogP contribution in [0, 0.1) is 5.92 Å². The summed E-state index contributed by atoms with van der Waals surface area (Å²) in [6.07, 6.45) is 3.20. The molecule has 1 unspecified atom stereocenters. The number of aromatic amines is 1. The van der Waals surface area contributed by atoms with Crippen molar-refractivity contribution in [3.63, 3.8) is 0 Å². The number of hydrogen-bond donors (Lipinski definition) is 1. The van der Waals surface area contributed by atoms with Crippen LogP contribution in [-0.4, -0.2) is 24.7 Å². The van der Waals surface area contributed by atoms with Crippen LogP contribution in [-0.2, 0) is 25.1 Å². The fraction of sp³-hybridized carbons (Fsp3) is 0.400. The highest BCUT2D eigenvalue weighted by atomic mass is 32.2. The Hall–Kier alpha value is -1.97. The maximum absolute atomic E-state index is 12.8. The zero-order valence-electron chi connectivity index (χ0n) is 16.3. The standard InChI is InChI=1S/C20H21N5OS3/c1-3-25-17(13-5-4-8-27-13)23-24-20(25)28-10-15-21-18(26)16-12-7-6-11(2)9-14(12)29-19(16)22-15/h4-5,8,11H,3,6-7,9-10H2,1-2H3,(H,21,22,26). The molecule has 6 nitrogen and oxygen atoms in total. The summed E-state index contributed by atoms with van der Waals surface area (Å²) in [5.74, 6) is 2.83. The Kier molecular flexibility index (Phi) is 5.05. The highest BCUT2D eigenvalue weighted by molar-refractivity contribution is 7.98. The van der Waals surface area contributed by atoms with Crippen molar-refractivity contribution in [2.75, 3.05) is 0 Å². The van der Waals surface area contributed by atoms with Crippen molar-refractivity contribution in [2.45, 2.75) is 50.6 Å². The van der Waals surface area contributed by atoms with Gasteiger partial charge >= 0.3 is 0 Å². The molecule has 0 amide bonds. The molecule has 0 saturated carbocycles. The smallest absolute Gasteiger partial charge is 0.259 e. The molecule has 0 aliphatic heterocycles. The molecule has 5 rings (SSSR count). The second-order valence-electron chi connectivity index (χ2n) is 7.36. The molecule has 1 aliphatic rings. The summed E-state index contributed by atoms with van der Waals surface area (Å²) < 4.78 is 2.11. The summed E-state index contributed by atoms with van der Waals surface area (Å²) in [6, 6.07) is 4.08. The molecule has 4 aromatic rings. The molecule has 9 heteroatoms. The maximum Gasteiger partial charge on any atom is 0.259 e. The first-order chi connectivity index (χ1) is 14.1. The lowest BCUT2D eigenvalue weighted by atomic mass is 9.89. The van der Waals surface area contributed by atoms with Gasteiger partial charge in [-0.2, -0.15) is 0 Å². The van der Waals surface area contributed by atoms with Crippen LogP contribution in [0.4, 0.5) is 0 Å². The number of fused-ring (bicyclic) bond motifs is 3. The molecule has 150 valence electrons. The van der Waals surface area contributed by atoms with E-state index in [9.17, 15) is 4.79 Å². The highest BCUT2D eigenvalue weighted by Crippen LogP contribution is 2.36. The summed E-state index contributed by atoms with van der Waals surface area (Å²) >= 11 is 4.91. The molecule has 1 atom stereocenters. The molecular weight excluding hydrogens is 422 g/mol. The first-order valence-corrected chi connectivity index (χ1v) is 12.5. The van der Waals surface area contributed by atoms with Gasteiger partial charge in [0.05, 0.1) is 16.0 Å². The van der Waals surface area contributed by atoms with Crippen LogP contribution < -0.4 is 5.56 Å².